The lowest BCUT2D eigenvalue weighted by molar-refractivity contribution is -0.132. The summed E-state index contributed by atoms with van der Waals surface area (Å²) in [7, 11) is 1.65. The van der Waals surface area contributed by atoms with Crippen LogP contribution < -0.4 is 20.1 Å². The van der Waals surface area contributed by atoms with Crippen LogP contribution in [-0.4, -0.2) is 63.2 Å². The van der Waals surface area contributed by atoms with E-state index < -0.39 is 0 Å². The van der Waals surface area contributed by atoms with Gasteiger partial charge in [-0.1, -0.05) is 13.0 Å². The van der Waals surface area contributed by atoms with Gasteiger partial charge in [-0.25, -0.2) is 0 Å². The van der Waals surface area contributed by atoms with Crippen LogP contribution in [0, 0.1) is 5.92 Å². The maximum Gasteiger partial charge on any atom is 0.224 e. The Bertz CT molecular complexity index is 714. The summed E-state index contributed by atoms with van der Waals surface area (Å²) >= 11 is 0. The number of halogens is 1. The quantitative estimate of drug-likeness (QED) is 0.186. The van der Waals surface area contributed by atoms with Gasteiger partial charge in [0.05, 0.1) is 13.7 Å². The van der Waals surface area contributed by atoms with E-state index in [4.69, 9.17) is 9.47 Å². The summed E-state index contributed by atoms with van der Waals surface area (Å²) in [5.41, 5.74) is 1.21. The van der Waals surface area contributed by atoms with E-state index in [1.54, 1.807) is 7.11 Å². The fourth-order valence-electron chi connectivity index (χ4n) is 3.82. The molecule has 0 radical (unpaired) electrons. The molecule has 1 aliphatic heterocycles. The first kappa shape index (κ1) is 28.3. The summed E-state index contributed by atoms with van der Waals surface area (Å²) in [6.45, 7) is 10.7. The Balaban J connectivity index is 0.00000512. The van der Waals surface area contributed by atoms with Gasteiger partial charge >= 0.3 is 0 Å². The number of amides is 1. The number of carbonyl (C=O) groups is 1. The summed E-state index contributed by atoms with van der Waals surface area (Å²) in [5, 5.41) is 6.56. The molecule has 1 heterocycles. The van der Waals surface area contributed by atoms with Crippen LogP contribution in [0.2, 0.25) is 0 Å². The molecule has 1 aromatic rings. The normalized spacial score (nSPS) is 16.2. The third-order valence-electron chi connectivity index (χ3n) is 5.41. The van der Waals surface area contributed by atoms with Gasteiger partial charge in [-0.2, -0.15) is 0 Å². The summed E-state index contributed by atoms with van der Waals surface area (Å²) in [5.74, 6) is 3.16. The zero-order chi connectivity index (χ0) is 22.5. The number of methoxy groups -OCH3 is 1. The summed E-state index contributed by atoms with van der Waals surface area (Å²) in [6.07, 6.45) is 4.69. The van der Waals surface area contributed by atoms with Gasteiger partial charge in [-0.15, -0.1) is 24.0 Å². The maximum absolute atomic E-state index is 12.4. The van der Waals surface area contributed by atoms with Crippen molar-refractivity contribution in [1.82, 2.24) is 15.5 Å². The van der Waals surface area contributed by atoms with Crippen LogP contribution in [0.4, 0.5) is 0 Å². The molecule has 2 N–H and O–H groups in total. The first-order chi connectivity index (χ1) is 15.1. The Morgan fingerprint density at radius 2 is 2.06 bits per heavy atom. The van der Waals surface area contributed by atoms with Crippen LogP contribution in [0.1, 0.15) is 52.0 Å². The third-order valence-corrected chi connectivity index (χ3v) is 5.41. The zero-order valence-corrected chi connectivity index (χ0v) is 22.4. The van der Waals surface area contributed by atoms with E-state index in [-0.39, 0.29) is 29.9 Å². The standard InChI is InChI=1S/C24H40N4O3.HI/c1-5-25-24(27-15-13-23(29)28-16-8-9-19(3)18-28)26-14-7-10-20-11-12-21(30-4)22(17-20)31-6-2;/h11-12,17,19H,5-10,13-16,18H2,1-4H3,(H2,25,26,27);1H. The van der Waals surface area contributed by atoms with Crippen LogP contribution in [0.3, 0.4) is 0 Å². The van der Waals surface area contributed by atoms with Crippen molar-refractivity contribution in [2.24, 2.45) is 10.9 Å². The SMILES string of the molecule is CCNC(=NCCCc1ccc(OC)c(OCC)c1)NCCC(=O)N1CCCC(C)C1.I. The zero-order valence-electron chi connectivity index (χ0n) is 20.1. The second-order valence-electron chi connectivity index (χ2n) is 8.05. The van der Waals surface area contributed by atoms with Crippen LogP contribution >= 0.6 is 24.0 Å². The molecule has 0 saturated carbocycles. The number of nitrogens with zero attached hydrogens (tertiary/aromatic N) is 2. The van der Waals surface area contributed by atoms with Gasteiger partial charge in [-0.3, -0.25) is 9.79 Å². The first-order valence-electron chi connectivity index (χ1n) is 11.7. The van der Waals surface area contributed by atoms with Gasteiger partial charge in [0.1, 0.15) is 0 Å². The summed E-state index contributed by atoms with van der Waals surface area (Å²) in [6, 6.07) is 6.07. The molecular formula is C24H41IN4O3. The van der Waals surface area contributed by atoms with Gasteiger partial charge in [0.15, 0.2) is 17.5 Å². The molecule has 1 aliphatic rings. The molecule has 0 bridgehead atoms. The molecule has 1 fully saturated rings. The average Bonchev–Trinajstić information content (AvgIpc) is 2.77. The van der Waals surface area contributed by atoms with E-state index in [1.807, 2.05) is 30.9 Å². The molecule has 32 heavy (non-hydrogen) atoms. The van der Waals surface area contributed by atoms with E-state index in [0.29, 0.717) is 32.0 Å². The van der Waals surface area contributed by atoms with E-state index >= 15 is 0 Å². The number of hydrogen-bond donors (Lipinski definition) is 2. The Labute approximate surface area is 210 Å². The fraction of sp³-hybridized carbons (Fsp3) is 0.667. The maximum atomic E-state index is 12.4. The number of ether oxygens (including phenoxy) is 2. The molecule has 1 atom stereocenters. The molecule has 2 rings (SSSR count). The van der Waals surface area contributed by atoms with E-state index in [2.05, 4.69) is 28.6 Å². The molecule has 0 aliphatic carbocycles. The first-order valence-corrected chi connectivity index (χ1v) is 11.7. The van der Waals surface area contributed by atoms with Crippen molar-refractivity contribution in [3.8, 4) is 11.5 Å². The van der Waals surface area contributed by atoms with Gasteiger partial charge in [0.25, 0.3) is 0 Å². The summed E-state index contributed by atoms with van der Waals surface area (Å²) in [4.78, 5) is 19.1. The molecule has 0 aromatic heterocycles. The number of carbonyl (C=O) groups excluding carboxylic acids is 1. The molecule has 1 amide bonds. The Morgan fingerprint density at radius 1 is 1.25 bits per heavy atom. The monoisotopic (exact) mass is 560 g/mol. The largest absolute Gasteiger partial charge is 0.493 e. The lowest BCUT2D eigenvalue weighted by Crippen LogP contribution is -2.42. The highest BCUT2D eigenvalue weighted by molar-refractivity contribution is 14.0. The van der Waals surface area contributed by atoms with Crippen LogP contribution in [0.5, 0.6) is 11.5 Å². The van der Waals surface area contributed by atoms with E-state index in [0.717, 1.165) is 56.4 Å². The van der Waals surface area contributed by atoms with Crippen LogP contribution in [0.25, 0.3) is 0 Å². The highest BCUT2D eigenvalue weighted by Crippen LogP contribution is 2.28. The number of aliphatic imine (C=N–C) groups is 1. The van der Waals surface area contributed by atoms with E-state index in [9.17, 15) is 4.79 Å². The highest BCUT2D eigenvalue weighted by Gasteiger charge is 2.20. The van der Waals surface area contributed by atoms with Crippen molar-refractivity contribution >= 4 is 35.8 Å². The van der Waals surface area contributed by atoms with Gasteiger partial charge in [-0.05, 0) is 63.1 Å². The number of guanidine groups is 1. The second kappa shape index (κ2) is 16.0. The van der Waals surface area contributed by atoms with Crippen molar-refractivity contribution in [1.29, 1.82) is 0 Å². The predicted octanol–water partition coefficient (Wildman–Crippen LogP) is 3.85. The lowest BCUT2D eigenvalue weighted by Gasteiger charge is -2.31. The number of nitrogens with one attached hydrogen (secondary N) is 2. The highest BCUT2D eigenvalue weighted by atomic mass is 127. The number of hydrogen-bond acceptors (Lipinski definition) is 4. The molecule has 1 unspecified atom stereocenters. The number of likely N-dealkylation sites (tertiary alicyclic amines) is 1. The molecule has 0 spiro atoms. The molecular weight excluding hydrogens is 519 g/mol. The van der Waals surface area contributed by atoms with Crippen molar-refractivity contribution < 1.29 is 14.3 Å². The number of piperidine rings is 1. The molecule has 1 aromatic carbocycles. The minimum Gasteiger partial charge on any atom is -0.493 e. The van der Waals surface area contributed by atoms with Gasteiger partial charge < -0.3 is 25.0 Å². The fourth-order valence-corrected chi connectivity index (χ4v) is 3.82. The summed E-state index contributed by atoms with van der Waals surface area (Å²) < 4.78 is 11.0. The number of rotatable bonds is 11. The van der Waals surface area contributed by atoms with Crippen LogP contribution in [0.15, 0.2) is 23.2 Å². The molecule has 182 valence electrons. The number of benzene rings is 1. The Hall–Kier alpha value is -1.71. The third kappa shape index (κ3) is 9.83. The topological polar surface area (TPSA) is 75.2 Å². The van der Waals surface area contributed by atoms with Crippen LogP contribution in [-0.2, 0) is 11.2 Å². The van der Waals surface area contributed by atoms with Crippen molar-refractivity contribution in [3.05, 3.63) is 23.8 Å². The average molecular weight is 561 g/mol. The van der Waals surface area contributed by atoms with Gasteiger partial charge in [0, 0.05) is 39.1 Å². The predicted molar refractivity (Wildman–Crippen MR) is 141 cm³/mol. The number of aryl methyl sites for hydroxylation is 1. The Morgan fingerprint density at radius 3 is 2.75 bits per heavy atom. The minimum atomic E-state index is 0. The second-order valence-corrected chi connectivity index (χ2v) is 8.05. The van der Waals surface area contributed by atoms with Gasteiger partial charge in [0.2, 0.25) is 5.91 Å². The molecule has 1 saturated heterocycles. The lowest BCUT2D eigenvalue weighted by atomic mass is 10.00. The van der Waals surface area contributed by atoms with Crippen molar-refractivity contribution in [2.45, 2.75) is 52.9 Å². The Kier molecular flexibility index (Phi) is 14.2. The minimum absolute atomic E-state index is 0. The molecule has 8 heteroatoms. The molecule has 7 nitrogen and oxygen atoms in total. The van der Waals surface area contributed by atoms with Crippen molar-refractivity contribution in [3.63, 3.8) is 0 Å². The van der Waals surface area contributed by atoms with Crippen molar-refractivity contribution in [2.75, 3.05) is 46.4 Å². The van der Waals surface area contributed by atoms with E-state index in [1.165, 1.54) is 12.0 Å². The smallest absolute Gasteiger partial charge is 0.224 e.